The first kappa shape index (κ1) is 12.7. The number of rotatable bonds is 4. The van der Waals surface area contributed by atoms with Crippen molar-refractivity contribution in [1.29, 1.82) is 0 Å². The van der Waals surface area contributed by atoms with Gasteiger partial charge in [-0.1, -0.05) is 6.07 Å². The minimum absolute atomic E-state index is 0.0986. The molecule has 0 saturated heterocycles. The van der Waals surface area contributed by atoms with Crippen LogP contribution in [0.15, 0.2) is 30.6 Å². The van der Waals surface area contributed by atoms with Crippen molar-refractivity contribution >= 4 is 17.6 Å². The maximum absolute atomic E-state index is 11.7. The van der Waals surface area contributed by atoms with Crippen molar-refractivity contribution in [3.8, 4) is 0 Å². The average Bonchev–Trinajstić information content (AvgIpc) is 2.93. The molecular formula is C12H12N4O3. The van der Waals surface area contributed by atoms with E-state index in [0.29, 0.717) is 17.9 Å². The fourth-order valence-corrected chi connectivity index (χ4v) is 1.44. The Balaban J connectivity index is 2.11. The Hall–Kier alpha value is -2.70. The molecule has 1 aromatic carbocycles. The standard InChI is InChI=1S/C12H12N4O3/c1-2-19-12(18)8-4-3-5-9(6-8)15-11(17)10-13-7-14-16-10/h3-7H,2H2,1H3,(H,15,17)(H,13,14,16). The minimum Gasteiger partial charge on any atom is -0.462 e. The Labute approximate surface area is 109 Å². The lowest BCUT2D eigenvalue weighted by atomic mass is 10.2. The molecule has 0 spiro atoms. The normalized spacial score (nSPS) is 9.95. The Kier molecular flexibility index (Phi) is 3.87. The summed E-state index contributed by atoms with van der Waals surface area (Å²) in [6.07, 6.45) is 1.24. The number of aromatic nitrogens is 3. The van der Waals surface area contributed by atoms with Gasteiger partial charge in [0.2, 0.25) is 5.82 Å². The molecule has 1 amide bonds. The van der Waals surface area contributed by atoms with Gasteiger partial charge in [0.25, 0.3) is 5.91 Å². The van der Waals surface area contributed by atoms with E-state index in [1.54, 1.807) is 25.1 Å². The predicted molar refractivity (Wildman–Crippen MR) is 66.7 cm³/mol. The van der Waals surface area contributed by atoms with Gasteiger partial charge in [0.1, 0.15) is 6.33 Å². The SMILES string of the molecule is CCOC(=O)c1cccc(NC(=O)c2ncn[nH]2)c1. The zero-order chi connectivity index (χ0) is 13.7. The van der Waals surface area contributed by atoms with Crippen LogP contribution in [0.5, 0.6) is 0 Å². The lowest BCUT2D eigenvalue weighted by Gasteiger charge is -2.05. The Morgan fingerprint density at radius 1 is 1.42 bits per heavy atom. The zero-order valence-electron chi connectivity index (χ0n) is 10.2. The third-order valence-corrected chi connectivity index (χ3v) is 2.26. The molecule has 0 bridgehead atoms. The number of aromatic amines is 1. The van der Waals surface area contributed by atoms with Crippen LogP contribution in [0, 0.1) is 0 Å². The fourth-order valence-electron chi connectivity index (χ4n) is 1.44. The molecule has 2 aromatic rings. The van der Waals surface area contributed by atoms with Gasteiger partial charge in [-0.2, -0.15) is 5.10 Å². The van der Waals surface area contributed by atoms with Gasteiger partial charge in [-0.3, -0.25) is 9.89 Å². The number of amides is 1. The maximum Gasteiger partial charge on any atom is 0.338 e. The van der Waals surface area contributed by atoms with E-state index < -0.39 is 11.9 Å². The highest BCUT2D eigenvalue weighted by atomic mass is 16.5. The summed E-state index contributed by atoms with van der Waals surface area (Å²) in [5.74, 6) is -0.765. The highest BCUT2D eigenvalue weighted by Crippen LogP contribution is 2.12. The van der Waals surface area contributed by atoms with Crippen molar-refractivity contribution in [3.63, 3.8) is 0 Å². The summed E-state index contributed by atoms with van der Waals surface area (Å²) in [7, 11) is 0. The molecule has 0 fully saturated rings. The van der Waals surface area contributed by atoms with Crippen molar-refractivity contribution in [3.05, 3.63) is 42.0 Å². The largest absolute Gasteiger partial charge is 0.462 e. The first-order valence-corrected chi connectivity index (χ1v) is 5.64. The fraction of sp³-hybridized carbons (Fsp3) is 0.167. The third kappa shape index (κ3) is 3.15. The van der Waals surface area contributed by atoms with Crippen LogP contribution < -0.4 is 5.32 Å². The molecular weight excluding hydrogens is 248 g/mol. The number of anilines is 1. The van der Waals surface area contributed by atoms with E-state index in [9.17, 15) is 9.59 Å². The van der Waals surface area contributed by atoms with Crippen molar-refractivity contribution in [2.24, 2.45) is 0 Å². The van der Waals surface area contributed by atoms with E-state index in [1.807, 2.05) is 0 Å². The molecule has 0 radical (unpaired) electrons. The molecule has 98 valence electrons. The molecule has 0 aliphatic heterocycles. The Morgan fingerprint density at radius 2 is 2.26 bits per heavy atom. The van der Waals surface area contributed by atoms with Gasteiger partial charge in [-0.15, -0.1) is 0 Å². The Bertz CT molecular complexity index is 580. The number of ether oxygens (including phenoxy) is 1. The number of benzene rings is 1. The van der Waals surface area contributed by atoms with E-state index in [0.717, 1.165) is 0 Å². The molecule has 0 aliphatic rings. The number of H-pyrrole nitrogens is 1. The quantitative estimate of drug-likeness (QED) is 0.806. The number of carbonyl (C=O) groups is 2. The number of nitrogens with zero attached hydrogens (tertiary/aromatic N) is 2. The van der Waals surface area contributed by atoms with E-state index in [-0.39, 0.29) is 5.82 Å². The molecule has 0 unspecified atom stereocenters. The summed E-state index contributed by atoms with van der Waals surface area (Å²) < 4.78 is 4.88. The molecule has 1 aromatic heterocycles. The number of nitrogens with one attached hydrogen (secondary N) is 2. The van der Waals surface area contributed by atoms with E-state index in [2.05, 4.69) is 20.5 Å². The van der Waals surface area contributed by atoms with Crippen LogP contribution in [0.2, 0.25) is 0 Å². The van der Waals surface area contributed by atoms with Gasteiger partial charge in [-0.05, 0) is 25.1 Å². The van der Waals surface area contributed by atoms with Crippen LogP contribution in [-0.2, 0) is 4.74 Å². The second-order valence-electron chi connectivity index (χ2n) is 3.59. The molecule has 7 nitrogen and oxygen atoms in total. The summed E-state index contributed by atoms with van der Waals surface area (Å²) in [6, 6.07) is 6.47. The molecule has 2 rings (SSSR count). The molecule has 1 heterocycles. The lowest BCUT2D eigenvalue weighted by molar-refractivity contribution is 0.0526. The van der Waals surface area contributed by atoms with E-state index in [4.69, 9.17) is 4.74 Å². The highest BCUT2D eigenvalue weighted by molar-refractivity contribution is 6.02. The first-order chi connectivity index (χ1) is 9.20. The number of carbonyl (C=O) groups excluding carboxylic acids is 2. The van der Waals surface area contributed by atoms with Gasteiger partial charge >= 0.3 is 5.97 Å². The molecule has 2 N–H and O–H groups in total. The number of esters is 1. The monoisotopic (exact) mass is 260 g/mol. The zero-order valence-corrected chi connectivity index (χ0v) is 10.2. The van der Waals surface area contributed by atoms with Gasteiger partial charge in [0.15, 0.2) is 0 Å². The second kappa shape index (κ2) is 5.76. The first-order valence-electron chi connectivity index (χ1n) is 5.64. The summed E-state index contributed by atoms with van der Waals surface area (Å²) in [6.45, 7) is 2.03. The highest BCUT2D eigenvalue weighted by Gasteiger charge is 2.11. The second-order valence-corrected chi connectivity index (χ2v) is 3.59. The van der Waals surface area contributed by atoms with Crippen molar-refractivity contribution in [2.75, 3.05) is 11.9 Å². The summed E-state index contributed by atoms with van der Waals surface area (Å²) in [5, 5.41) is 8.64. The van der Waals surface area contributed by atoms with Gasteiger partial charge in [-0.25, -0.2) is 9.78 Å². The summed E-state index contributed by atoms with van der Waals surface area (Å²) in [5.41, 5.74) is 0.851. The van der Waals surface area contributed by atoms with Gasteiger partial charge in [0, 0.05) is 5.69 Å². The molecule has 19 heavy (non-hydrogen) atoms. The minimum atomic E-state index is -0.432. The van der Waals surface area contributed by atoms with Crippen molar-refractivity contribution in [1.82, 2.24) is 15.2 Å². The van der Waals surface area contributed by atoms with Crippen LogP contribution in [0.3, 0.4) is 0 Å². The molecule has 7 heteroatoms. The Morgan fingerprint density at radius 3 is 2.95 bits per heavy atom. The number of hydrogen-bond donors (Lipinski definition) is 2. The van der Waals surface area contributed by atoms with Crippen LogP contribution >= 0.6 is 0 Å². The molecule has 0 atom stereocenters. The predicted octanol–water partition coefficient (Wildman–Crippen LogP) is 1.23. The number of hydrogen-bond acceptors (Lipinski definition) is 5. The van der Waals surface area contributed by atoms with Gasteiger partial charge < -0.3 is 10.1 Å². The van der Waals surface area contributed by atoms with E-state index >= 15 is 0 Å². The van der Waals surface area contributed by atoms with Crippen LogP contribution in [-0.4, -0.2) is 33.7 Å². The lowest BCUT2D eigenvalue weighted by Crippen LogP contribution is -2.14. The summed E-state index contributed by atoms with van der Waals surface area (Å²) in [4.78, 5) is 27.0. The average molecular weight is 260 g/mol. The third-order valence-electron chi connectivity index (χ3n) is 2.26. The van der Waals surface area contributed by atoms with Crippen LogP contribution in [0.25, 0.3) is 0 Å². The smallest absolute Gasteiger partial charge is 0.338 e. The van der Waals surface area contributed by atoms with Crippen molar-refractivity contribution < 1.29 is 14.3 Å². The maximum atomic E-state index is 11.7. The topological polar surface area (TPSA) is 97.0 Å². The summed E-state index contributed by atoms with van der Waals surface area (Å²) >= 11 is 0. The van der Waals surface area contributed by atoms with E-state index in [1.165, 1.54) is 12.4 Å². The molecule has 0 aliphatic carbocycles. The van der Waals surface area contributed by atoms with Crippen molar-refractivity contribution in [2.45, 2.75) is 6.92 Å². The van der Waals surface area contributed by atoms with Crippen LogP contribution in [0.4, 0.5) is 5.69 Å². The van der Waals surface area contributed by atoms with Crippen LogP contribution in [0.1, 0.15) is 27.9 Å². The molecule has 0 saturated carbocycles. The van der Waals surface area contributed by atoms with Gasteiger partial charge in [0.05, 0.1) is 12.2 Å².